The smallest absolute Gasteiger partial charge is 0.119 e. The second kappa shape index (κ2) is 7.14. The number of ether oxygens (including phenoxy) is 1. The second-order valence-corrected chi connectivity index (χ2v) is 5.28. The Hall–Kier alpha value is -2.00. The van der Waals surface area contributed by atoms with Gasteiger partial charge >= 0.3 is 0 Å². The molecular formula is C18H22N2O. The fraction of sp³-hybridized carbons (Fsp3) is 0.333. The Morgan fingerprint density at radius 2 is 1.81 bits per heavy atom. The average Bonchev–Trinajstić information content (AvgIpc) is 2.78. The van der Waals surface area contributed by atoms with Crippen LogP contribution in [0.3, 0.4) is 0 Å². The first kappa shape index (κ1) is 14.0. The van der Waals surface area contributed by atoms with Gasteiger partial charge in [-0.2, -0.15) is 0 Å². The van der Waals surface area contributed by atoms with Crippen molar-refractivity contribution in [3.05, 3.63) is 59.7 Å². The molecule has 110 valence electrons. The molecule has 1 aliphatic rings. The number of fused-ring (bicyclic) bond motifs is 1. The van der Waals surface area contributed by atoms with Crippen molar-refractivity contribution in [1.82, 2.24) is 5.32 Å². The van der Waals surface area contributed by atoms with Crippen molar-refractivity contribution in [3.8, 4) is 5.75 Å². The predicted molar refractivity (Wildman–Crippen MR) is 87.1 cm³/mol. The highest BCUT2D eigenvalue weighted by Gasteiger charge is 2.10. The van der Waals surface area contributed by atoms with Crippen LogP contribution in [0.4, 0.5) is 5.69 Å². The molecule has 21 heavy (non-hydrogen) atoms. The van der Waals surface area contributed by atoms with Crippen LogP contribution in [-0.2, 0) is 12.8 Å². The molecule has 0 aromatic heterocycles. The van der Waals surface area contributed by atoms with E-state index in [0.29, 0.717) is 6.61 Å². The van der Waals surface area contributed by atoms with Crippen LogP contribution in [0.5, 0.6) is 5.75 Å². The molecule has 0 radical (unpaired) electrons. The molecule has 3 heteroatoms. The number of benzene rings is 2. The van der Waals surface area contributed by atoms with Crippen molar-refractivity contribution in [2.24, 2.45) is 0 Å². The summed E-state index contributed by atoms with van der Waals surface area (Å²) < 4.78 is 5.72. The lowest BCUT2D eigenvalue weighted by atomic mass is 10.0. The molecule has 0 aliphatic carbocycles. The maximum Gasteiger partial charge on any atom is 0.119 e. The number of hydrogen-bond donors (Lipinski definition) is 2. The zero-order chi connectivity index (χ0) is 14.3. The summed E-state index contributed by atoms with van der Waals surface area (Å²) in [5, 5.41) is 6.98. The van der Waals surface area contributed by atoms with Crippen molar-refractivity contribution in [2.45, 2.75) is 12.8 Å². The highest BCUT2D eigenvalue weighted by Crippen LogP contribution is 2.22. The number of nitrogens with one attached hydrogen (secondary N) is 2. The van der Waals surface area contributed by atoms with Gasteiger partial charge in [-0.25, -0.2) is 0 Å². The molecule has 0 bridgehead atoms. The van der Waals surface area contributed by atoms with Crippen LogP contribution in [0.1, 0.15) is 11.1 Å². The summed E-state index contributed by atoms with van der Waals surface area (Å²) in [6.07, 6.45) is 2.21. The monoisotopic (exact) mass is 282 g/mol. The molecule has 2 N–H and O–H groups in total. The van der Waals surface area contributed by atoms with Gasteiger partial charge in [0.1, 0.15) is 12.4 Å². The maximum atomic E-state index is 5.72. The van der Waals surface area contributed by atoms with Gasteiger partial charge in [0, 0.05) is 12.2 Å². The summed E-state index contributed by atoms with van der Waals surface area (Å²) in [5.41, 5.74) is 4.18. The average molecular weight is 282 g/mol. The summed E-state index contributed by atoms with van der Waals surface area (Å²) in [6, 6.07) is 16.5. The molecule has 3 nitrogen and oxygen atoms in total. The molecule has 1 aliphatic heterocycles. The molecule has 0 spiro atoms. The van der Waals surface area contributed by atoms with E-state index < -0.39 is 0 Å². The molecule has 0 unspecified atom stereocenters. The van der Waals surface area contributed by atoms with Crippen LogP contribution >= 0.6 is 0 Å². The first-order valence-corrected chi connectivity index (χ1v) is 7.67. The minimum Gasteiger partial charge on any atom is -0.492 e. The van der Waals surface area contributed by atoms with E-state index >= 15 is 0 Å². The van der Waals surface area contributed by atoms with Crippen LogP contribution in [0.15, 0.2) is 48.5 Å². The van der Waals surface area contributed by atoms with Crippen LogP contribution in [0, 0.1) is 0 Å². The van der Waals surface area contributed by atoms with Gasteiger partial charge in [-0.1, -0.05) is 30.3 Å². The third-order valence-corrected chi connectivity index (χ3v) is 3.83. The SMILES string of the molecule is c1ccc(OCCNc2cccc3c2CCNCC3)cc1. The summed E-state index contributed by atoms with van der Waals surface area (Å²) >= 11 is 0. The lowest BCUT2D eigenvalue weighted by Gasteiger charge is -2.14. The van der Waals surface area contributed by atoms with Gasteiger partial charge in [0.05, 0.1) is 0 Å². The predicted octanol–water partition coefficient (Wildman–Crippen LogP) is 2.87. The van der Waals surface area contributed by atoms with Crippen molar-refractivity contribution in [2.75, 3.05) is 31.6 Å². The topological polar surface area (TPSA) is 33.3 Å². The lowest BCUT2D eigenvalue weighted by Crippen LogP contribution is -2.16. The van der Waals surface area contributed by atoms with E-state index in [9.17, 15) is 0 Å². The van der Waals surface area contributed by atoms with E-state index in [-0.39, 0.29) is 0 Å². The van der Waals surface area contributed by atoms with Crippen LogP contribution in [0.2, 0.25) is 0 Å². The van der Waals surface area contributed by atoms with E-state index in [1.807, 2.05) is 30.3 Å². The third-order valence-electron chi connectivity index (χ3n) is 3.83. The minimum atomic E-state index is 0.673. The first-order chi connectivity index (χ1) is 10.4. The van der Waals surface area contributed by atoms with Gasteiger partial charge in [-0.15, -0.1) is 0 Å². The van der Waals surface area contributed by atoms with Crippen molar-refractivity contribution in [3.63, 3.8) is 0 Å². The minimum absolute atomic E-state index is 0.673. The molecule has 0 amide bonds. The Morgan fingerprint density at radius 1 is 0.952 bits per heavy atom. The van der Waals surface area contributed by atoms with E-state index in [4.69, 9.17) is 4.74 Å². The Balaban J connectivity index is 1.56. The molecule has 0 saturated carbocycles. The molecule has 0 atom stereocenters. The standard InChI is InChI=1S/C18H22N2O/c1-2-6-16(7-3-1)21-14-13-20-18-8-4-5-15-9-11-19-12-10-17(15)18/h1-8,19-20H,9-14H2. The fourth-order valence-electron chi connectivity index (χ4n) is 2.76. The third kappa shape index (κ3) is 3.76. The number of hydrogen-bond acceptors (Lipinski definition) is 3. The van der Waals surface area contributed by atoms with E-state index in [1.54, 1.807) is 0 Å². The Bertz CT molecular complexity index is 569. The maximum absolute atomic E-state index is 5.72. The van der Waals surface area contributed by atoms with Gasteiger partial charge in [-0.05, 0) is 55.3 Å². The molecule has 2 aromatic carbocycles. The second-order valence-electron chi connectivity index (χ2n) is 5.28. The van der Waals surface area contributed by atoms with Gasteiger partial charge in [0.2, 0.25) is 0 Å². The molecular weight excluding hydrogens is 260 g/mol. The Kier molecular flexibility index (Phi) is 4.74. The quantitative estimate of drug-likeness (QED) is 0.827. The number of anilines is 1. The zero-order valence-electron chi connectivity index (χ0n) is 12.3. The largest absolute Gasteiger partial charge is 0.492 e. The molecule has 1 heterocycles. The Labute approximate surface area is 126 Å². The van der Waals surface area contributed by atoms with Gasteiger partial charge in [0.15, 0.2) is 0 Å². The Morgan fingerprint density at radius 3 is 2.71 bits per heavy atom. The van der Waals surface area contributed by atoms with Crippen LogP contribution < -0.4 is 15.4 Å². The van der Waals surface area contributed by atoms with Gasteiger partial charge < -0.3 is 15.4 Å². The van der Waals surface area contributed by atoms with Crippen LogP contribution in [0.25, 0.3) is 0 Å². The summed E-state index contributed by atoms with van der Waals surface area (Å²) in [5.74, 6) is 0.926. The summed E-state index contributed by atoms with van der Waals surface area (Å²) in [6.45, 7) is 3.63. The number of rotatable bonds is 5. The first-order valence-electron chi connectivity index (χ1n) is 7.67. The van der Waals surface area contributed by atoms with E-state index in [1.165, 1.54) is 16.8 Å². The zero-order valence-corrected chi connectivity index (χ0v) is 12.3. The fourth-order valence-corrected chi connectivity index (χ4v) is 2.76. The highest BCUT2D eigenvalue weighted by atomic mass is 16.5. The molecule has 0 fully saturated rings. The van der Waals surface area contributed by atoms with Crippen molar-refractivity contribution >= 4 is 5.69 Å². The van der Waals surface area contributed by atoms with E-state index in [2.05, 4.69) is 28.8 Å². The normalized spacial score (nSPS) is 14.1. The summed E-state index contributed by atoms with van der Waals surface area (Å²) in [4.78, 5) is 0. The molecule has 0 saturated heterocycles. The van der Waals surface area contributed by atoms with Crippen molar-refractivity contribution < 1.29 is 4.74 Å². The van der Waals surface area contributed by atoms with Gasteiger partial charge in [-0.3, -0.25) is 0 Å². The summed E-state index contributed by atoms with van der Waals surface area (Å²) in [7, 11) is 0. The molecule has 3 rings (SSSR count). The highest BCUT2D eigenvalue weighted by molar-refractivity contribution is 5.55. The molecule has 2 aromatic rings. The van der Waals surface area contributed by atoms with Crippen molar-refractivity contribution in [1.29, 1.82) is 0 Å². The lowest BCUT2D eigenvalue weighted by molar-refractivity contribution is 0.333. The van der Waals surface area contributed by atoms with Crippen LogP contribution in [-0.4, -0.2) is 26.2 Å². The van der Waals surface area contributed by atoms with Gasteiger partial charge in [0.25, 0.3) is 0 Å². The number of para-hydroxylation sites is 1. The van der Waals surface area contributed by atoms with E-state index in [0.717, 1.165) is 38.2 Å².